The number of anilines is 1. The molecule has 0 atom stereocenters. The third-order valence-electron chi connectivity index (χ3n) is 2.89. The number of hydrogen-bond acceptors (Lipinski definition) is 3. The number of hydrogen-bond donors (Lipinski definition) is 1. The second kappa shape index (κ2) is 7.31. The van der Waals surface area contributed by atoms with Gasteiger partial charge in [0.15, 0.2) is 0 Å². The first-order valence-electron chi connectivity index (χ1n) is 6.54. The summed E-state index contributed by atoms with van der Waals surface area (Å²) in [5.74, 6) is 0.811. The van der Waals surface area contributed by atoms with Gasteiger partial charge in [-0.1, -0.05) is 30.3 Å². The molecule has 0 bridgehead atoms. The number of rotatable bonds is 5. The van der Waals surface area contributed by atoms with E-state index >= 15 is 0 Å². The summed E-state index contributed by atoms with van der Waals surface area (Å²) in [5.41, 5.74) is 1.66. The zero-order valence-electron chi connectivity index (χ0n) is 12.1. The number of hydroxylamine groups is 2. The highest BCUT2D eigenvalue weighted by atomic mass is 16.7. The van der Waals surface area contributed by atoms with Crippen molar-refractivity contribution in [2.45, 2.75) is 6.61 Å². The maximum Gasteiger partial charge on any atom is 0.345 e. The van der Waals surface area contributed by atoms with Gasteiger partial charge in [-0.2, -0.15) is 0 Å². The lowest BCUT2D eigenvalue weighted by Gasteiger charge is -2.15. The molecule has 2 aromatic rings. The van der Waals surface area contributed by atoms with Gasteiger partial charge in [0.1, 0.15) is 12.4 Å². The quantitative estimate of drug-likeness (QED) is 0.858. The van der Waals surface area contributed by atoms with Gasteiger partial charge in [-0.3, -0.25) is 4.84 Å². The fourth-order valence-corrected chi connectivity index (χ4v) is 1.71. The molecule has 1 N–H and O–H groups in total. The van der Waals surface area contributed by atoms with Gasteiger partial charge >= 0.3 is 6.03 Å². The van der Waals surface area contributed by atoms with Crippen LogP contribution in [0.4, 0.5) is 10.5 Å². The van der Waals surface area contributed by atoms with Crippen LogP contribution in [-0.2, 0) is 11.4 Å². The fourth-order valence-electron chi connectivity index (χ4n) is 1.71. The van der Waals surface area contributed by atoms with E-state index in [2.05, 4.69) is 5.32 Å². The van der Waals surface area contributed by atoms with Gasteiger partial charge in [-0.15, -0.1) is 0 Å². The summed E-state index contributed by atoms with van der Waals surface area (Å²) in [6, 6.07) is 16.7. The molecular weight excluding hydrogens is 268 g/mol. The summed E-state index contributed by atoms with van der Waals surface area (Å²) in [5, 5.41) is 3.86. The number of urea groups is 1. The van der Waals surface area contributed by atoms with Gasteiger partial charge in [-0.05, 0) is 29.8 Å². The number of amides is 2. The highest BCUT2D eigenvalue weighted by Crippen LogP contribution is 2.15. The summed E-state index contributed by atoms with van der Waals surface area (Å²) in [7, 11) is 2.97. The van der Waals surface area contributed by atoms with Crippen LogP contribution >= 0.6 is 0 Å². The van der Waals surface area contributed by atoms with Gasteiger partial charge in [0.05, 0.1) is 7.11 Å². The van der Waals surface area contributed by atoms with Crippen molar-refractivity contribution in [1.29, 1.82) is 0 Å². The molecule has 2 rings (SSSR count). The first kappa shape index (κ1) is 14.9. The third kappa shape index (κ3) is 4.50. The Morgan fingerprint density at radius 3 is 2.62 bits per heavy atom. The van der Waals surface area contributed by atoms with Crippen molar-refractivity contribution in [3.05, 3.63) is 60.2 Å². The van der Waals surface area contributed by atoms with Crippen LogP contribution in [-0.4, -0.2) is 25.3 Å². The molecule has 2 aromatic carbocycles. The Kier molecular flexibility index (Phi) is 5.17. The maximum atomic E-state index is 11.7. The standard InChI is InChI=1S/C16H18N2O3/c1-18(20-2)16(19)17-14-8-6-7-13(11-14)12-21-15-9-4-3-5-10-15/h3-11H,12H2,1-2H3,(H,17,19). The normalized spacial score (nSPS) is 10.0. The summed E-state index contributed by atoms with van der Waals surface area (Å²) in [4.78, 5) is 16.5. The van der Waals surface area contributed by atoms with Crippen molar-refractivity contribution in [1.82, 2.24) is 5.06 Å². The summed E-state index contributed by atoms with van der Waals surface area (Å²) in [6.45, 7) is 0.438. The van der Waals surface area contributed by atoms with Crippen LogP contribution in [0.5, 0.6) is 5.75 Å². The summed E-state index contributed by atoms with van der Waals surface area (Å²) < 4.78 is 5.67. The molecule has 110 valence electrons. The molecule has 0 aromatic heterocycles. The van der Waals surface area contributed by atoms with E-state index in [1.54, 1.807) is 0 Å². The number of carbonyl (C=O) groups is 1. The highest BCUT2D eigenvalue weighted by molar-refractivity contribution is 5.88. The van der Waals surface area contributed by atoms with Crippen LogP contribution in [0.2, 0.25) is 0 Å². The molecule has 5 heteroatoms. The van der Waals surface area contributed by atoms with E-state index in [0.717, 1.165) is 16.4 Å². The minimum absolute atomic E-state index is 0.335. The third-order valence-corrected chi connectivity index (χ3v) is 2.89. The second-order valence-electron chi connectivity index (χ2n) is 4.41. The van der Waals surface area contributed by atoms with Crippen molar-refractivity contribution < 1.29 is 14.4 Å². The average Bonchev–Trinajstić information content (AvgIpc) is 2.53. The lowest BCUT2D eigenvalue weighted by Crippen LogP contribution is -2.30. The lowest BCUT2D eigenvalue weighted by atomic mass is 10.2. The van der Waals surface area contributed by atoms with Gasteiger partial charge in [-0.25, -0.2) is 9.86 Å². The number of carbonyl (C=O) groups excluding carboxylic acids is 1. The molecule has 0 radical (unpaired) electrons. The molecule has 21 heavy (non-hydrogen) atoms. The zero-order chi connectivity index (χ0) is 15.1. The minimum atomic E-state index is -0.335. The van der Waals surface area contributed by atoms with E-state index in [1.165, 1.54) is 14.2 Å². The Balaban J connectivity index is 1.96. The Hall–Kier alpha value is -2.53. The molecule has 2 amide bonds. The van der Waals surface area contributed by atoms with Gasteiger partial charge in [0, 0.05) is 12.7 Å². The predicted molar refractivity (Wildman–Crippen MR) is 81.0 cm³/mol. The Morgan fingerprint density at radius 2 is 1.90 bits per heavy atom. The summed E-state index contributed by atoms with van der Waals surface area (Å²) >= 11 is 0. The molecule has 0 aliphatic heterocycles. The van der Waals surface area contributed by atoms with Gasteiger partial charge in [0.25, 0.3) is 0 Å². The molecule has 0 spiro atoms. The Morgan fingerprint density at radius 1 is 1.14 bits per heavy atom. The molecule has 0 heterocycles. The smallest absolute Gasteiger partial charge is 0.345 e. The first-order chi connectivity index (χ1) is 10.2. The van der Waals surface area contributed by atoms with Crippen molar-refractivity contribution >= 4 is 11.7 Å². The molecule has 0 fully saturated rings. The van der Waals surface area contributed by atoms with Crippen molar-refractivity contribution in [2.24, 2.45) is 0 Å². The molecular formula is C16H18N2O3. The number of para-hydroxylation sites is 1. The number of benzene rings is 2. The van der Waals surface area contributed by atoms with Crippen LogP contribution in [0, 0.1) is 0 Å². The van der Waals surface area contributed by atoms with Crippen LogP contribution in [0.1, 0.15) is 5.56 Å². The second-order valence-corrected chi connectivity index (χ2v) is 4.41. The molecule has 0 aliphatic carbocycles. The van der Waals surface area contributed by atoms with Gasteiger partial charge in [0.2, 0.25) is 0 Å². The van der Waals surface area contributed by atoms with Crippen LogP contribution in [0.3, 0.4) is 0 Å². The topological polar surface area (TPSA) is 50.8 Å². The van der Waals surface area contributed by atoms with Crippen molar-refractivity contribution in [2.75, 3.05) is 19.5 Å². The van der Waals surface area contributed by atoms with E-state index in [9.17, 15) is 4.79 Å². The van der Waals surface area contributed by atoms with E-state index in [1.807, 2.05) is 54.6 Å². The SMILES string of the molecule is CON(C)C(=O)Nc1cccc(COc2ccccc2)c1. The van der Waals surface area contributed by atoms with E-state index in [4.69, 9.17) is 9.57 Å². The number of ether oxygens (including phenoxy) is 1. The van der Waals surface area contributed by atoms with Crippen molar-refractivity contribution in [3.8, 4) is 5.75 Å². The lowest BCUT2D eigenvalue weighted by molar-refractivity contribution is -0.0598. The molecule has 0 saturated carbocycles. The zero-order valence-corrected chi connectivity index (χ0v) is 12.1. The van der Waals surface area contributed by atoms with Crippen LogP contribution < -0.4 is 10.1 Å². The Bertz CT molecular complexity index is 587. The van der Waals surface area contributed by atoms with E-state index < -0.39 is 0 Å². The maximum absolute atomic E-state index is 11.7. The highest BCUT2D eigenvalue weighted by Gasteiger charge is 2.07. The van der Waals surface area contributed by atoms with Crippen LogP contribution in [0.15, 0.2) is 54.6 Å². The predicted octanol–water partition coefficient (Wildman–Crippen LogP) is 3.29. The largest absolute Gasteiger partial charge is 0.489 e. The average molecular weight is 286 g/mol. The van der Waals surface area contributed by atoms with Gasteiger partial charge < -0.3 is 10.1 Å². The summed E-state index contributed by atoms with van der Waals surface area (Å²) in [6.07, 6.45) is 0. The first-order valence-corrected chi connectivity index (χ1v) is 6.54. The monoisotopic (exact) mass is 286 g/mol. The molecule has 0 aliphatic rings. The fraction of sp³-hybridized carbons (Fsp3) is 0.188. The number of nitrogens with zero attached hydrogens (tertiary/aromatic N) is 1. The van der Waals surface area contributed by atoms with Crippen molar-refractivity contribution in [3.63, 3.8) is 0 Å². The molecule has 0 unspecified atom stereocenters. The van der Waals surface area contributed by atoms with E-state index in [-0.39, 0.29) is 6.03 Å². The molecule has 5 nitrogen and oxygen atoms in total. The number of nitrogens with one attached hydrogen (secondary N) is 1. The van der Waals surface area contributed by atoms with E-state index in [0.29, 0.717) is 12.3 Å². The Labute approximate surface area is 124 Å². The minimum Gasteiger partial charge on any atom is -0.489 e. The molecule has 0 saturated heterocycles. The van der Waals surface area contributed by atoms with Crippen LogP contribution in [0.25, 0.3) is 0 Å².